The molecule has 0 aliphatic carbocycles. The number of benzene rings is 2. The molecule has 0 spiro atoms. The monoisotopic (exact) mass is 487 g/mol. The molecule has 2 rings (SSSR count). The number of nitrogens with one attached hydrogen (secondary N) is 1. The van der Waals surface area contributed by atoms with E-state index < -0.39 is 28.5 Å². The molecule has 7 nitrogen and oxygen atoms in total. The van der Waals surface area contributed by atoms with E-state index in [0.717, 1.165) is 29.5 Å². The Bertz CT molecular complexity index is 931. The van der Waals surface area contributed by atoms with Crippen LogP contribution in [0.3, 0.4) is 0 Å². The lowest BCUT2D eigenvalue weighted by Gasteiger charge is -2.25. The summed E-state index contributed by atoms with van der Waals surface area (Å²) in [6, 6.07) is 11.4. The van der Waals surface area contributed by atoms with Gasteiger partial charge in [-0.3, -0.25) is 9.59 Å². The van der Waals surface area contributed by atoms with E-state index in [1.54, 1.807) is 19.1 Å². The second kappa shape index (κ2) is 13.5. The zero-order valence-electron chi connectivity index (χ0n) is 20.3. The first-order valence-corrected chi connectivity index (χ1v) is 13.0. The Morgan fingerprint density at radius 3 is 2.29 bits per heavy atom. The van der Waals surface area contributed by atoms with Crippen LogP contribution in [0, 0.1) is 13.8 Å². The SMILES string of the molecule is CC[S+]([O-])C(CC(N)C(=O)NCCCc1ccccc1)C(=O)[C@H](N)Cc1c(C)cc(O)cc1C. The molecule has 0 heterocycles. The molecule has 0 saturated heterocycles. The number of carbonyl (C=O) groups is 2. The fourth-order valence-electron chi connectivity index (χ4n) is 4.02. The van der Waals surface area contributed by atoms with Gasteiger partial charge in [0.15, 0.2) is 5.25 Å². The first kappa shape index (κ1) is 27.9. The fourth-order valence-corrected chi connectivity index (χ4v) is 5.28. The summed E-state index contributed by atoms with van der Waals surface area (Å²) in [6.45, 7) is 5.89. The van der Waals surface area contributed by atoms with Crippen LogP contribution in [0.4, 0.5) is 0 Å². The Morgan fingerprint density at radius 1 is 1.09 bits per heavy atom. The van der Waals surface area contributed by atoms with Crippen LogP contribution in [0.25, 0.3) is 0 Å². The van der Waals surface area contributed by atoms with Crippen LogP contribution in [-0.2, 0) is 33.6 Å². The van der Waals surface area contributed by atoms with Gasteiger partial charge in [0.05, 0.1) is 12.1 Å². The third kappa shape index (κ3) is 8.13. The summed E-state index contributed by atoms with van der Waals surface area (Å²) in [4.78, 5) is 25.7. The Hall–Kier alpha value is -2.39. The number of aryl methyl sites for hydroxylation is 3. The maximum Gasteiger partial charge on any atom is 0.237 e. The van der Waals surface area contributed by atoms with Crippen molar-refractivity contribution in [1.82, 2.24) is 5.32 Å². The van der Waals surface area contributed by atoms with Crippen molar-refractivity contribution in [2.45, 2.75) is 63.8 Å². The van der Waals surface area contributed by atoms with E-state index >= 15 is 0 Å². The van der Waals surface area contributed by atoms with Gasteiger partial charge in [-0.05, 0) is 85.6 Å². The fraction of sp³-hybridized carbons (Fsp3) is 0.462. The number of carbonyl (C=O) groups excluding carboxylic acids is 2. The maximum absolute atomic E-state index is 13.2. The number of phenolic OH excluding ortho intramolecular Hbond substituents is 1. The first-order chi connectivity index (χ1) is 16.1. The standard InChI is InChI=1S/C26H37N3O4S/c1-4-34(33)24(25(31)22(27)15-21-17(2)13-20(30)14-18(21)3)16-23(28)26(32)29-12-8-11-19-9-6-5-7-10-19/h5-7,9-10,13-14,22-24,30H,4,8,11-12,15-16,27-28H2,1-3H3,(H,29,32)/t22-,23?,24?,34?/m1/s1. The van der Waals surface area contributed by atoms with Crippen molar-refractivity contribution in [3.63, 3.8) is 0 Å². The number of aromatic hydroxyl groups is 1. The van der Waals surface area contributed by atoms with Gasteiger partial charge in [0.2, 0.25) is 11.7 Å². The highest BCUT2D eigenvalue weighted by Gasteiger charge is 2.36. The maximum atomic E-state index is 13.2. The van der Waals surface area contributed by atoms with Gasteiger partial charge in [0.1, 0.15) is 11.5 Å². The molecule has 2 aromatic carbocycles. The van der Waals surface area contributed by atoms with Crippen LogP contribution in [0.1, 0.15) is 42.0 Å². The highest BCUT2D eigenvalue weighted by molar-refractivity contribution is 7.92. The molecule has 1 amide bonds. The van der Waals surface area contributed by atoms with E-state index in [2.05, 4.69) is 5.32 Å². The van der Waals surface area contributed by atoms with Crippen LogP contribution >= 0.6 is 0 Å². The largest absolute Gasteiger partial charge is 0.616 e. The van der Waals surface area contributed by atoms with Crippen LogP contribution in [0.5, 0.6) is 5.75 Å². The lowest BCUT2D eigenvalue weighted by atomic mass is 9.93. The highest BCUT2D eigenvalue weighted by atomic mass is 32.2. The summed E-state index contributed by atoms with van der Waals surface area (Å²) in [5.74, 6) is -0.298. The molecule has 8 heteroatoms. The average molecular weight is 488 g/mol. The zero-order chi connectivity index (χ0) is 25.3. The summed E-state index contributed by atoms with van der Waals surface area (Å²) in [6.07, 6.45) is 1.84. The van der Waals surface area contributed by atoms with Gasteiger partial charge >= 0.3 is 0 Å². The van der Waals surface area contributed by atoms with Crippen LogP contribution in [-0.4, -0.2) is 51.0 Å². The molecule has 4 atom stereocenters. The minimum absolute atomic E-state index is 0.0228. The number of Topliss-reactive ketones (excluding diaryl/α,β-unsaturated/α-hetero) is 1. The molecule has 3 unspecified atom stereocenters. The summed E-state index contributed by atoms with van der Waals surface area (Å²) in [5.41, 5.74) is 16.1. The number of rotatable bonds is 13. The third-order valence-electron chi connectivity index (χ3n) is 5.98. The molecule has 2 aromatic rings. The Balaban J connectivity index is 1.95. The van der Waals surface area contributed by atoms with E-state index in [1.165, 1.54) is 5.56 Å². The van der Waals surface area contributed by atoms with Gasteiger partial charge in [-0.15, -0.1) is 0 Å². The van der Waals surface area contributed by atoms with Crippen molar-refractivity contribution in [1.29, 1.82) is 0 Å². The first-order valence-electron chi connectivity index (χ1n) is 11.7. The van der Waals surface area contributed by atoms with Gasteiger partial charge in [-0.1, -0.05) is 30.3 Å². The third-order valence-corrected chi connectivity index (χ3v) is 7.61. The molecule has 0 fully saturated rings. The van der Waals surface area contributed by atoms with E-state index in [-0.39, 0.29) is 36.0 Å². The number of hydrogen-bond donors (Lipinski definition) is 4. The van der Waals surface area contributed by atoms with E-state index in [9.17, 15) is 19.2 Å². The lowest BCUT2D eigenvalue weighted by molar-refractivity contribution is -0.123. The van der Waals surface area contributed by atoms with Crippen molar-refractivity contribution in [2.24, 2.45) is 11.5 Å². The lowest BCUT2D eigenvalue weighted by Crippen LogP contribution is -2.50. The molecule has 186 valence electrons. The molecule has 34 heavy (non-hydrogen) atoms. The number of phenols is 1. The molecule has 0 aliphatic rings. The zero-order valence-corrected chi connectivity index (χ0v) is 21.1. The Labute approximate surface area is 205 Å². The molecule has 0 aromatic heterocycles. The minimum atomic E-state index is -1.49. The van der Waals surface area contributed by atoms with Crippen LogP contribution in [0.15, 0.2) is 42.5 Å². The van der Waals surface area contributed by atoms with E-state index in [0.29, 0.717) is 6.54 Å². The molecular formula is C26H37N3O4S. The van der Waals surface area contributed by atoms with Crippen LogP contribution < -0.4 is 16.8 Å². The normalized spacial score (nSPS) is 14.8. The molecular weight excluding hydrogens is 450 g/mol. The van der Waals surface area contributed by atoms with Crippen molar-refractivity contribution >= 4 is 22.9 Å². The van der Waals surface area contributed by atoms with Crippen molar-refractivity contribution in [2.75, 3.05) is 12.3 Å². The van der Waals surface area contributed by atoms with Gasteiger partial charge in [-0.25, -0.2) is 0 Å². The molecule has 0 aliphatic heterocycles. The second-order valence-electron chi connectivity index (χ2n) is 8.65. The quantitative estimate of drug-likeness (QED) is 0.252. The molecule has 0 bridgehead atoms. The van der Waals surface area contributed by atoms with Crippen molar-refractivity contribution in [3.05, 3.63) is 64.7 Å². The van der Waals surface area contributed by atoms with E-state index in [4.69, 9.17) is 11.5 Å². The van der Waals surface area contributed by atoms with Crippen molar-refractivity contribution < 1.29 is 19.2 Å². The average Bonchev–Trinajstić information content (AvgIpc) is 2.81. The predicted molar refractivity (Wildman–Crippen MR) is 137 cm³/mol. The second-order valence-corrected chi connectivity index (χ2v) is 10.6. The summed E-state index contributed by atoms with van der Waals surface area (Å²) >= 11 is -1.49. The Morgan fingerprint density at radius 2 is 1.71 bits per heavy atom. The van der Waals surface area contributed by atoms with Crippen molar-refractivity contribution in [3.8, 4) is 5.75 Å². The highest BCUT2D eigenvalue weighted by Crippen LogP contribution is 2.23. The smallest absolute Gasteiger partial charge is 0.237 e. The topological polar surface area (TPSA) is 142 Å². The summed E-state index contributed by atoms with van der Waals surface area (Å²) in [5, 5.41) is 11.7. The van der Waals surface area contributed by atoms with Gasteiger partial charge in [0.25, 0.3) is 0 Å². The van der Waals surface area contributed by atoms with Gasteiger partial charge < -0.3 is 26.4 Å². The van der Waals surface area contributed by atoms with Crippen LogP contribution in [0.2, 0.25) is 0 Å². The van der Waals surface area contributed by atoms with Gasteiger partial charge in [0, 0.05) is 13.0 Å². The number of amides is 1. The predicted octanol–water partition coefficient (Wildman–Crippen LogP) is 2.05. The number of ketones is 1. The molecule has 6 N–H and O–H groups in total. The van der Waals surface area contributed by atoms with E-state index in [1.807, 2.05) is 44.2 Å². The van der Waals surface area contributed by atoms with Gasteiger partial charge in [-0.2, -0.15) is 0 Å². The number of nitrogens with two attached hydrogens (primary N) is 2. The molecule has 0 radical (unpaired) electrons. The summed E-state index contributed by atoms with van der Waals surface area (Å²) in [7, 11) is 0. The number of hydrogen-bond acceptors (Lipinski definition) is 6. The summed E-state index contributed by atoms with van der Waals surface area (Å²) < 4.78 is 12.7. The Kier molecular flexibility index (Phi) is 11.0. The molecule has 0 saturated carbocycles. The minimum Gasteiger partial charge on any atom is -0.616 e.